The Kier molecular flexibility index (Phi) is 27.9. The van der Waals surface area contributed by atoms with Crippen LogP contribution in [0.5, 0.6) is 0 Å². The smallest absolute Gasteiger partial charge is 0.103 e. The van der Waals surface area contributed by atoms with Crippen LogP contribution in [0.4, 0.5) is 11.4 Å². The largest absolute Gasteiger partial charge is 1.00 e. The summed E-state index contributed by atoms with van der Waals surface area (Å²) < 4.78 is 0. The van der Waals surface area contributed by atoms with Crippen LogP contribution in [0.3, 0.4) is 0 Å². The normalized spacial score (nSPS) is 9.94. The van der Waals surface area contributed by atoms with E-state index < -0.39 is 0 Å². The molecule has 10 aromatic rings. The molecule has 0 heterocycles. The maximum absolute atomic E-state index is 7.00. The van der Waals surface area contributed by atoms with Crippen molar-refractivity contribution in [3.05, 3.63) is 313 Å². The maximum atomic E-state index is 7.00. The van der Waals surface area contributed by atoms with E-state index in [9.17, 15) is 0 Å². The average Bonchev–Trinajstić information content (AvgIpc) is 3.96. The zero-order valence-electron chi connectivity index (χ0n) is 38.7. The Labute approximate surface area is 471 Å². The minimum atomic E-state index is 0. The first-order valence-corrected chi connectivity index (χ1v) is 24.5. The van der Waals surface area contributed by atoms with E-state index in [1.165, 1.54) is 65.3 Å². The van der Waals surface area contributed by atoms with Crippen LogP contribution >= 0.6 is 0 Å². The van der Waals surface area contributed by atoms with E-state index >= 15 is 0 Å². The fraction of sp³-hybridized carbons (Fsp3) is 0.0323. The van der Waals surface area contributed by atoms with Crippen LogP contribution in [-0.2, 0) is 64.5 Å². The molecule has 0 bridgehead atoms. The molecule has 10 aromatic carbocycles. The molecule has 2 radical (unpaired) electrons. The molecule has 0 amide bonds. The number of hydrogen-bond donors (Lipinski definition) is 0. The third-order valence-corrected chi connectivity index (χ3v) is 13.5. The van der Waals surface area contributed by atoms with E-state index in [1.807, 2.05) is 48.5 Å². The summed E-state index contributed by atoms with van der Waals surface area (Å²) >= 11 is 0. The van der Waals surface area contributed by atoms with Crippen molar-refractivity contribution in [1.29, 1.82) is 0 Å². The van der Waals surface area contributed by atoms with Crippen LogP contribution in [0.1, 0.15) is 22.3 Å². The van der Waals surface area contributed by atoms with Crippen molar-refractivity contribution in [2.45, 2.75) is 12.8 Å². The molecular formula is C62H52Cl2Hf2N2Si2-6. The Balaban J connectivity index is 0.000000223. The second-order valence-corrected chi connectivity index (χ2v) is 18.7. The van der Waals surface area contributed by atoms with E-state index in [4.69, 9.17) is 11.5 Å². The van der Waals surface area contributed by atoms with Gasteiger partial charge in [-0.25, -0.2) is 0 Å². The molecule has 0 saturated heterocycles. The summed E-state index contributed by atoms with van der Waals surface area (Å²) in [6, 6.07) is 97.1. The predicted molar refractivity (Wildman–Crippen MR) is 286 cm³/mol. The van der Waals surface area contributed by atoms with Crippen LogP contribution in [0.2, 0.25) is 0 Å². The van der Waals surface area contributed by atoms with Crippen LogP contribution in [-0.4, -0.2) is 19.0 Å². The van der Waals surface area contributed by atoms with Gasteiger partial charge in [0.25, 0.3) is 0 Å². The molecule has 0 aliphatic heterocycles. The van der Waals surface area contributed by atoms with Gasteiger partial charge in [0.15, 0.2) is 0 Å². The molecule has 2 aliphatic rings. The first-order valence-electron chi connectivity index (χ1n) is 22.2. The zero-order valence-corrected chi connectivity index (χ0v) is 49.7. The fourth-order valence-electron chi connectivity index (χ4n) is 7.45. The van der Waals surface area contributed by atoms with E-state index in [1.54, 1.807) is 24.3 Å². The number of fused-ring (bicyclic) bond motifs is 6. The molecule has 346 valence electrons. The predicted octanol–water partition coefficient (Wildman–Crippen LogP) is 7.01. The molecule has 2 aliphatic carbocycles. The van der Waals surface area contributed by atoms with Gasteiger partial charge in [0, 0.05) is 51.7 Å². The van der Waals surface area contributed by atoms with Crippen molar-refractivity contribution >= 4 is 51.2 Å². The van der Waals surface area contributed by atoms with Crippen molar-refractivity contribution in [1.82, 2.24) is 0 Å². The maximum Gasteiger partial charge on any atom is 0.103 e. The second-order valence-electron chi connectivity index (χ2n) is 15.5. The Morgan fingerprint density at radius 1 is 0.286 bits per heavy atom. The van der Waals surface area contributed by atoms with Gasteiger partial charge in [-0.05, 0) is 12.8 Å². The molecular weight excluding hydrogens is 1260 g/mol. The summed E-state index contributed by atoms with van der Waals surface area (Å²) in [6.07, 6.45) is 2.10. The van der Waals surface area contributed by atoms with Gasteiger partial charge in [-0.3, -0.25) is 0 Å². The van der Waals surface area contributed by atoms with Gasteiger partial charge in [0.05, 0.1) is 0 Å². The quantitative estimate of drug-likeness (QED) is 0.135. The van der Waals surface area contributed by atoms with Gasteiger partial charge in [-0.1, -0.05) is 274 Å². The summed E-state index contributed by atoms with van der Waals surface area (Å²) in [7, 11) is 0.543. The Morgan fingerprint density at radius 3 is 0.800 bits per heavy atom. The minimum Gasteiger partial charge on any atom is -1.00 e. The van der Waals surface area contributed by atoms with E-state index in [2.05, 4.69) is 206 Å². The molecule has 12 rings (SSSR count). The summed E-state index contributed by atoms with van der Waals surface area (Å²) in [5, 5.41) is 5.81. The molecule has 0 atom stereocenters. The SMILES string of the molecule is [Cl-].[Cl-].[Hf].[Hf].[NH-]c1ccccc1.[NH-]c1ccccc1.[c-]1cccc2c1Cc1ccccc1-2.[c-]1cccc2c1Cc1ccccc1-2.c1ccc([SiH]c2ccccc2)cc1.c1ccc([SiH]c2ccccc2)cc1. The molecule has 2 N–H and O–H groups in total. The van der Waals surface area contributed by atoms with Gasteiger partial charge >= 0.3 is 0 Å². The molecule has 0 saturated carbocycles. The Hall–Kier alpha value is -5.45. The summed E-state index contributed by atoms with van der Waals surface area (Å²) in [5.74, 6) is 0. The summed E-state index contributed by atoms with van der Waals surface area (Å²) in [4.78, 5) is 0. The van der Waals surface area contributed by atoms with Gasteiger partial charge in [-0.2, -0.15) is 59.7 Å². The molecule has 0 fully saturated rings. The topological polar surface area (TPSA) is 47.6 Å². The van der Waals surface area contributed by atoms with E-state index in [0.717, 1.165) is 12.8 Å². The zero-order chi connectivity index (χ0) is 45.4. The second kappa shape index (κ2) is 33.2. The first-order chi connectivity index (χ1) is 32.6. The summed E-state index contributed by atoms with van der Waals surface area (Å²) in [6.45, 7) is 0. The Morgan fingerprint density at radius 2 is 0.529 bits per heavy atom. The minimum absolute atomic E-state index is 0. The first kappa shape index (κ1) is 58.9. The van der Waals surface area contributed by atoms with Crippen LogP contribution in [0.15, 0.2) is 267 Å². The molecule has 0 aromatic heterocycles. The standard InChI is InChI=1S/2C13H9.2C12H11Si.2C6H6N.2ClH.2Hf/c2*1-3-7-12-10(5-1)9-11-6-2-4-8-13(11)12;2*1-3-7-11(8-4-1)13-12-9-5-2-6-10-12;2*7-6-4-2-1-3-5-6;;;;/h2*1-5,7-8H,9H2;2*1-10,13H;2*1-5,7H;2*1H;;/q2*-1;;;2*-1;;;;/p-2. The fourth-order valence-corrected chi connectivity index (χ4v) is 9.88. The third-order valence-electron chi connectivity index (χ3n) is 10.6. The van der Waals surface area contributed by atoms with Gasteiger partial charge < -0.3 is 36.3 Å². The number of hydrogen-bond acceptors (Lipinski definition) is 0. The number of halogens is 2. The molecule has 2 nitrogen and oxygen atoms in total. The van der Waals surface area contributed by atoms with Crippen molar-refractivity contribution in [3.63, 3.8) is 0 Å². The van der Waals surface area contributed by atoms with Crippen molar-refractivity contribution in [2.75, 3.05) is 0 Å². The average molecular weight is 1310 g/mol. The van der Waals surface area contributed by atoms with E-state index in [-0.39, 0.29) is 95.5 Å². The number of nitrogens with one attached hydrogen (secondary N) is 2. The van der Waals surface area contributed by atoms with Crippen molar-refractivity contribution in [2.24, 2.45) is 0 Å². The van der Waals surface area contributed by atoms with Crippen molar-refractivity contribution in [3.8, 4) is 22.3 Å². The number of rotatable bonds is 4. The van der Waals surface area contributed by atoms with Gasteiger partial charge in [-0.15, -0.1) is 22.5 Å². The van der Waals surface area contributed by atoms with Crippen molar-refractivity contribution < 1.29 is 76.5 Å². The van der Waals surface area contributed by atoms with Crippen LogP contribution in [0.25, 0.3) is 33.7 Å². The summed E-state index contributed by atoms with van der Waals surface area (Å²) in [5.41, 5.74) is 26.2. The Bertz CT molecular complexity index is 2570. The van der Waals surface area contributed by atoms with Gasteiger partial charge in [0.2, 0.25) is 0 Å². The number of benzene rings is 10. The van der Waals surface area contributed by atoms with Gasteiger partial charge in [0.1, 0.15) is 19.0 Å². The van der Waals surface area contributed by atoms with Crippen LogP contribution in [0, 0.1) is 12.1 Å². The molecule has 70 heavy (non-hydrogen) atoms. The molecule has 0 spiro atoms. The molecule has 0 unspecified atom stereocenters. The van der Waals surface area contributed by atoms with E-state index in [0.29, 0.717) is 11.4 Å². The van der Waals surface area contributed by atoms with Crippen LogP contribution < -0.4 is 45.6 Å². The molecule has 8 heteroatoms. The monoisotopic (exact) mass is 1310 g/mol. The third kappa shape index (κ3) is 19.4.